The SMILES string of the molecule is COc1cccc(CNC(=O)Nc2ccc3nc(N4CCCCC4)cc(C)c3c2)c1. The summed E-state index contributed by atoms with van der Waals surface area (Å²) in [6.07, 6.45) is 3.76. The van der Waals surface area contributed by atoms with E-state index < -0.39 is 0 Å². The highest BCUT2D eigenvalue weighted by atomic mass is 16.5. The molecule has 0 aliphatic carbocycles. The fourth-order valence-corrected chi connectivity index (χ4v) is 3.88. The van der Waals surface area contributed by atoms with Crippen LogP contribution in [0, 0.1) is 6.92 Å². The van der Waals surface area contributed by atoms with Crippen LogP contribution in [0.1, 0.15) is 30.4 Å². The molecule has 1 saturated heterocycles. The number of carbonyl (C=O) groups excluding carboxylic acids is 1. The van der Waals surface area contributed by atoms with Gasteiger partial charge in [0.2, 0.25) is 0 Å². The number of amides is 2. The molecular formula is C24H28N4O2. The molecule has 2 heterocycles. The zero-order valence-corrected chi connectivity index (χ0v) is 17.6. The normalized spacial score (nSPS) is 13.9. The van der Waals surface area contributed by atoms with Crippen molar-refractivity contribution in [3.63, 3.8) is 0 Å². The Morgan fingerprint density at radius 2 is 1.93 bits per heavy atom. The number of nitrogens with zero attached hydrogens (tertiary/aromatic N) is 2. The molecule has 30 heavy (non-hydrogen) atoms. The van der Waals surface area contributed by atoms with Gasteiger partial charge >= 0.3 is 6.03 Å². The van der Waals surface area contributed by atoms with Gasteiger partial charge in [-0.05, 0) is 73.7 Å². The van der Waals surface area contributed by atoms with Crippen molar-refractivity contribution in [2.75, 3.05) is 30.4 Å². The van der Waals surface area contributed by atoms with Crippen LogP contribution >= 0.6 is 0 Å². The third-order valence-corrected chi connectivity index (χ3v) is 5.53. The van der Waals surface area contributed by atoms with Gasteiger partial charge in [-0.3, -0.25) is 0 Å². The smallest absolute Gasteiger partial charge is 0.319 e. The maximum atomic E-state index is 12.3. The van der Waals surface area contributed by atoms with Crippen LogP contribution < -0.4 is 20.3 Å². The van der Waals surface area contributed by atoms with Crippen molar-refractivity contribution >= 4 is 28.4 Å². The van der Waals surface area contributed by atoms with Gasteiger partial charge in [-0.1, -0.05) is 12.1 Å². The molecule has 2 aromatic carbocycles. The van der Waals surface area contributed by atoms with E-state index >= 15 is 0 Å². The highest BCUT2D eigenvalue weighted by Gasteiger charge is 2.14. The first-order chi connectivity index (χ1) is 14.6. The number of carbonyl (C=O) groups is 1. The fraction of sp³-hybridized carbons (Fsp3) is 0.333. The molecule has 1 fully saturated rings. The summed E-state index contributed by atoms with van der Waals surface area (Å²) in [4.78, 5) is 19.6. The molecule has 156 valence electrons. The van der Waals surface area contributed by atoms with Gasteiger partial charge in [0.25, 0.3) is 0 Å². The number of methoxy groups -OCH3 is 1. The highest BCUT2D eigenvalue weighted by molar-refractivity contribution is 5.94. The number of nitrogens with one attached hydrogen (secondary N) is 2. The van der Waals surface area contributed by atoms with Gasteiger partial charge < -0.3 is 20.3 Å². The Morgan fingerprint density at radius 3 is 2.73 bits per heavy atom. The van der Waals surface area contributed by atoms with E-state index in [1.165, 1.54) is 24.8 Å². The summed E-state index contributed by atoms with van der Waals surface area (Å²) in [6.45, 7) is 4.68. The largest absolute Gasteiger partial charge is 0.497 e. The van der Waals surface area contributed by atoms with Crippen molar-refractivity contribution < 1.29 is 9.53 Å². The molecule has 2 N–H and O–H groups in total. The second-order valence-corrected chi connectivity index (χ2v) is 7.74. The molecule has 6 heteroatoms. The molecule has 1 aliphatic heterocycles. The zero-order valence-electron chi connectivity index (χ0n) is 17.6. The Bertz CT molecular complexity index is 1040. The summed E-state index contributed by atoms with van der Waals surface area (Å²) in [6, 6.07) is 15.4. The van der Waals surface area contributed by atoms with Gasteiger partial charge in [-0.25, -0.2) is 9.78 Å². The number of anilines is 2. The number of hydrogen-bond acceptors (Lipinski definition) is 4. The molecule has 3 aromatic rings. The first-order valence-corrected chi connectivity index (χ1v) is 10.5. The van der Waals surface area contributed by atoms with Gasteiger partial charge in [0.1, 0.15) is 11.6 Å². The number of ether oxygens (including phenoxy) is 1. The maximum absolute atomic E-state index is 12.3. The number of aryl methyl sites for hydroxylation is 1. The van der Waals surface area contributed by atoms with E-state index in [-0.39, 0.29) is 6.03 Å². The second-order valence-electron chi connectivity index (χ2n) is 7.74. The van der Waals surface area contributed by atoms with Gasteiger partial charge in [-0.2, -0.15) is 0 Å². The molecule has 2 amide bonds. The Hall–Kier alpha value is -3.28. The summed E-state index contributed by atoms with van der Waals surface area (Å²) < 4.78 is 5.22. The van der Waals surface area contributed by atoms with Crippen LogP contribution in [-0.2, 0) is 6.54 Å². The molecular weight excluding hydrogens is 376 g/mol. The lowest BCUT2D eigenvalue weighted by molar-refractivity contribution is 0.251. The lowest BCUT2D eigenvalue weighted by Gasteiger charge is -2.28. The Kier molecular flexibility index (Phi) is 6.02. The number of urea groups is 1. The molecule has 6 nitrogen and oxygen atoms in total. The van der Waals surface area contributed by atoms with Crippen molar-refractivity contribution in [3.05, 3.63) is 59.7 Å². The van der Waals surface area contributed by atoms with E-state index in [0.717, 1.165) is 46.8 Å². The van der Waals surface area contributed by atoms with Gasteiger partial charge in [0.05, 0.1) is 12.6 Å². The van der Waals surface area contributed by atoms with Crippen LogP contribution in [0.2, 0.25) is 0 Å². The third kappa shape index (κ3) is 4.64. The first-order valence-electron chi connectivity index (χ1n) is 10.5. The first kappa shape index (κ1) is 20.0. The topological polar surface area (TPSA) is 66.5 Å². The molecule has 0 bridgehead atoms. The fourth-order valence-electron chi connectivity index (χ4n) is 3.88. The monoisotopic (exact) mass is 404 g/mol. The number of aromatic nitrogens is 1. The van der Waals surface area contributed by atoms with Crippen molar-refractivity contribution in [2.24, 2.45) is 0 Å². The lowest BCUT2D eigenvalue weighted by Crippen LogP contribution is -2.30. The number of benzene rings is 2. The summed E-state index contributed by atoms with van der Waals surface area (Å²) in [7, 11) is 1.63. The molecule has 0 unspecified atom stereocenters. The summed E-state index contributed by atoms with van der Waals surface area (Å²) >= 11 is 0. The third-order valence-electron chi connectivity index (χ3n) is 5.53. The van der Waals surface area contributed by atoms with Gasteiger partial charge in [0.15, 0.2) is 0 Å². The van der Waals surface area contributed by atoms with Crippen molar-refractivity contribution in [1.29, 1.82) is 0 Å². The number of fused-ring (bicyclic) bond motifs is 1. The standard InChI is InChI=1S/C24H28N4O2/c1-17-13-23(28-11-4-3-5-12-28)27-22-10-9-19(15-21(17)22)26-24(29)25-16-18-7-6-8-20(14-18)30-2/h6-10,13-15H,3-5,11-12,16H2,1-2H3,(H2,25,26,29). The summed E-state index contributed by atoms with van der Waals surface area (Å²) in [5, 5.41) is 6.86. The lowest BCUT2D eigenvalue weighted by atomic mass is 10.1. The van der Waals surface area contributed by atoms with Crippen LogP contribution in [-0.4, -0.2) is 31.2 Å². The number of piperidine rings is 1. The van der Waals surface area contributed by atoms with Crippen molar-refractivity contribution in [2.45, 2.75) is 32.7 Å². The van der Waals surface area contributed by atoms with E-state index in [9.17, 15) is 4.79 Å². The predicted octanol–water partition coefficient (Wildman–Crippen LogP) is 4.86. The number of pyridine rings is 1. The average molecular weight is 405 g/mol. The molecule has 0 atom stereocenters. The van der Waals surface area contributed by atoms with Crippen molar-refractivity contribution in [1.82, 2.24) is 10.3 Å². The summed E-state index contributed by atoms with van der Waals surface area (Å²) in [5.74, 6) is 1.83. The molecule has 0 spiro atoms. The van der Waals surface area contributed by atoms with Gasteiger partial charge in [-0.15, -0.1) is 0 Å². The number of rotatable bonds is 5. The maximum Gasteiger partial charge on any atom is 0.319 e. The zero-order chi connectivity index (χ0) is 20.9. The molecule has 4 rings (SSSR count). The minimum absolute atomic E-state index is 0.243. The van der Waals surface area contributed by atoms with E-state index in [1.807, 2.05) is 42.5 Å². The molecule has 1 aromatic heterocycles. The molecule has 0 saturated carbocycles. The van der Waals surface area contributed by atoms with E-state index in [2.05, 4.69) is 28.5 Å². The Balaban J connectivity index is 1.43. The van der Waals surface area contributed by atoms with E-state index in [0.29, 0.717) is 6.54 Å². The average Bonchev–Trinajstić information content (AvgIpc) is 2.79. The van der Waals surface area contributed by atoms with Crippen LogP contribution in [0.3, 0.4) is 0 Å². The van der Waals surface area contributed by atoms with Crippen molar-refractivity contribution in [3.8, 4) is 5.75 Å². The van der Waals surface area contributed by atoms with Gasteiger partial charge in [0, 0.05) is 30.7 Å². The van der Waals surface area contributed by atoms with Crippen LogP contribution in [0.4, 0.5) is 16.3 Å². The minimum Gasteiger partial charge on any atom is -0.497 e. The highest BCUT2D eigenvalue weighted by Crippen LogP contribution is 2.27. The minimum atomic E-state index is -0.243. The van der Waals surface area contributed by atoms with E-state index in [4.69, 9.17) is 9.72 Å². The number of hydrogen-bond donors (Lipinski definition) is 2. The van der Waals surface area contributed by atoms with Crippen LogP contribution in [0.15, 0.2) is 48.5 Å². The Labute approximate surface area is 177 Å². The predicted molar refractivity (Wildman–Crippen MR) is 121 cm³/mol. The quantitative estimate of drug-likeness (QED) is 0.637. The van der Waals surface area contributed by atoms with E-state index in [1.54, 1.807) is 7.11 Å². The summed E-state index contributed by atoms with van der Waals surface area (Å²) in [5.41, 5.74) is 3.86. The van der Waals surface area contributed by atoms with Crippen LogP contribution in [0.5, 0.6) is 5.75 Å². The molecule has 0 radical (unpaired) electrons. The Morgan fingerprint density at radius 1 is 1.10 bits per heavy atom. The van der Waals surface area contributed by atoms with Crippen LogP contribution in [0.25, 0.3) is 10.9 Å². The molecule has 1 aliphatic rings. The second kappa shape index (κ2) is 9.03.